The summed E-state index contributed by atoms with van der Waals surface area (Å²) in [7, 11) is -0.338. The summed E-state index contributed by atoms with van der Waals surface area (Å²) in [4.78, 5) is 0.290. The number of hydrogen-bond donors (Lipinski definition) is 1. The molecule has 0 amide bonds. The molecule has 108 valence electrons. The molecule has 0 fully saturated rings. The van der Waals surface area contributed by atoms with Crippen LogP contribution < -0.4 is 5.32 Å². The maximum Gasteiger partial charge on any atom is 0.242 e. The van der Waals surface area contributed by atoms with Crippen molar-refractivity contribution in [3.63, 3.8) is 0 Å². The van der Waals surface area contributed by atoms with E-state index in [0.29, 0.717) is 0 Å². The molecule has 2 rings (SSSR count). The van der Waals surface area contributed by atoms with E-state index in [1.807, 2.05) is 19.1 Å². The van der Waals surface area contributed by atoms with E-state index >= 15 is 0 Å². The summed E-state index contributed by atoms with van der Waals surface area (Å²) in [6, 6.07) is 6.90. The molecule has 0 aliphatic rings. The van der Waals surface area contributed by atoms with Gasteiger partial charge in [-0.05, 0) is 24.6 Å². The standard InChI is InChI=1S/C12H16N4O2S2/c1-9(14-12-8-13-15-19-12)10-4-6-11(7-5-10)20(17,18)16(2)3/h4-9,14H,1-3H3. The van der Waals surface area contributed by atoms with Crippen molar-refractivity contribution in [3.05, 3.63) is 36.0 Å². The van der Waals surface area contributed by atoms with Crippen molar-refractivity contribution in [3.8, 4) is 0 Å². The maximum absolute atomic E-state index is 12.0. The third kappa shape index (κ3) is 3.14. The number of hydrogen-bond acceptors (Lipinski definition) is 6. The molecule has 1 aromatic carbocycles. The molecular formula is C12H16N4O2S2. The van der Waals surface area contributed by atoms with Gasteiger partial charge in [-0.1, -0.05) is 16.6 Å². The number of nitrogens with one attached hydrogen (secondary N) is 1. The lowest BCUT2D eigenvalue weighted by molar-refractivity contribution is 0.520. The predicted molar refractivity (Wildman–Crippen MR) is 79.3 cm³/mol. The lowest BCUT2D eigenvalue weighted by Crippen LogP contribution is -2.22. The molecule has 1 N–H and O–H groups in total. The van der Waals surface area contributed by atoms with Gasteiger partial charge in [0.1, 0.15) is 5.00 Å². The molecule has 0 radical (unpaired) electrons. The molecule has 0 aliphatic carbocycles. The van der Waals surface area contributed by atoms with Crippen LogP contribution in [0.3, 0.4) is 0 Å². The van der Waals surface area contributed by atoms with Crippen molar-refractivity contribution in [1.29, 1.82) is 0 Å². The Morgan fingerprint density at radius 2 is 1.90 bits per heavy atom. The molecular weight excluding hydrogens is 296 g/mol. The molecule has 0 saturated heterocycles. The lowest BCUT2D eigenvalue weighted by atomic mass is 10.1. The van der Waals surface area contributed by atoms with Gasteiger partial charge in [0, 0.05) is 31.7 Å². The summed E-state index contributed by atoms with van der Waals surface area (Å²) in [5.74, 6) is 0. The molecule has 0 bridgehead atoms. The van der Waals surface area contributed by atoms with Gasteiger partial charge in [0.2, 0.25) is 10.0 Å². The number of anilines is 1. The normalized spacial score (nSPS) is 13.4. The molecule has 0 spiro atoms. The largest absolute Gasteiger partial charge is 0.368 e. The monoisotopic (exact) mass is 312 g/mol. The quantitative estimate of drug-likeness (QED) is 0.913. The highest BCUT2D eigenvalue weighted by Crippen LogP contribution is 2.22. The fraction of sp³-hybridized carbons (Fsp3) is 0.333. The van der Waals surface area contributed by atoms with Gasteiger partial charge in [0.25, 0.3) is 0 Å². The summed E-state index contributed by atoms with van der Waals surface area (Å²) in [5.41, 5.74) is 0.996. The first-order chi connectivity index (χ1) is 9.41. The highest BCUT2D eigenvalue weighted by Gasteiger charge is 2.17. The second kappa shape index (κ2) is 5.86. The Morgan fingerprint density at radius 3 is 2.40 bits per heavy atom. The van der Waals surface area contributed by atoms with Crippen LogP contribution in [-0.2, 0) is 10.0 Å². The molecule has 1 unspecified atom stereocenters. The molecule has 2 aromatic rings. The van der Waals surface area contributed by atoms with Gasteiger partial charge in [-0.15, -0.1) is 5.10 Å². The minimum absolute atomic E-state index is 0.0494. The van der Waals surface area contributed by atoms with Crippen molar-refractivity contribution in [1.82, 2.24) is 13.9 Å². The van der Waals surface area contributed by atoms with Crippen molar-refractivity contribution in [2.45, 2.75) is 17.9 Å². The van der Waals surface area contributed by atoms with Gasteiger partial charge < -0.3 is 5.32 Å². The molecule has 1 heterocycles. The highest BCUT2D eigenvalue weighted by molar-refractivity contribution is 7.89. The van der Waals surface area contributed by atoms with E-state index in [1.165, 1.54) is 29.9 Å². The Labute approximate surface area is 122 Å². The molecule has 6 nitrogen and oxygen atoms in total. The first-order valence-electron chi connectivity index (χ1n) is 5.97. The van der Waals surface area contributed by atoms with Gasteiger partial charge in [0.05, 0.1) is 11.1 Å². The van der Waals surface area contributed by atoms with Crippen LogP contribution in [-0.4, -0.2) is 36.4 Å². The average molecular weight is 312 g/mol. The molecule has 1 atom stereocenters. The van der Waals surface area contributed by atoms with Crippen molar-refractivity contribution < 1.29 is 8.42 Å². The minimum atomic E-state index is -3.37. The van der Waals surface area contributed by atoms with Gasteiger partial charge in [-0.2, -0.15) is 0 Å². The van der Waals surface area contributed by atoms with Crippen molar-refractivity contribution in [2.24, 2.45) is 0 Å². The fourth-order valence-electron chi connectivity index (χ4n) is 1.67. The molecule has 20 heavy (non-hydrogen) atoms. The van der Waals surface area contributed by atoms with Crippen LogP contribution in [0.5, 0.6) is 0 Å². The minimum Gasteiger partial charge on any atom is -0.368 e. The number of benzene rings is 1. The Hall–Kier alpha value is -1.51. The first kappa shape index (κ1) is 14.9. The van der Waals surface area contributed by atoms with Crippen LogP contribution in [0.15, 0.2) is 35.4 Å². The Kier molecular flexibility index (Phi) is 4.36. The van der Waals surface area contributed by atoms with Crippen LogP contribution >= 0.6 is 11.5 Å². The van der Waals surface area contributed by atoms with E-state index in [1.54, 1.807) is 18.3 Å². The predicted octanol–water partition coefficient (Wildman–Crippen LogP) is 1.96. The van der Waals surface area contributed by atoms with E-state index < -0.39 is 10.0 Å². The van der Waals surface area contributed by atoms with Crippen molar-refractivity contribution in [2.75, 3.05) is 19.4 Å². The van der Waals surface area contributed by atoms with Crippen LogP contribution in [0.25, 0.3) is 0 Å². The third-order valence-electron chi connectivity index (χ3n) is 2.88. The fourth-order valence-corrected chi connectivity index (χ4v) is 3.07. The molecule has 0 aliphatic heterocycles. The Balaban J connectivity index is 2.16. The lowest BCUT2D eigenvalue weighted by Gasteiger charge is -2.15. The summed E-state index contributed by atoms with van der Waals surface area (Å²) >= 11 is 1.28. The van der Waals surface area contributed by atoms with Crippen LogP contribution in [0.4, 0.5) is 5.00 Å². The molecule has 8 heteroatoms. The van der Waals surface area contributed by atoms with E-state index in [9.17, 15) is 8.42 Å². The van der Waals surface area contributed by atoms with Crippen LogP contribution in [0.2, 0.25) is 0 Å². The van der Waals surface area contributed by atoms with Crippen LogP contribution in [0.1, 0.15) is 18.5 Å². The van der Waals surface area contributed by atoms with E-state index in [-0.39, 0.29) is 10.9 Å². The van der Waals surface area contributed by atoms with Gasteiger partial charge in [-0.25, -0.2) is 12.7 Å². The Morgan fingerprint density at radius 1 is 1.25 bits per heavy atom. The van der Waals surface area contributed by atoms with Crippen LogP contribution in [0, 0.1) is 0 Å². The first-order valence-corrected chi connectivity index (χ1v) is 8.19. The number of rotatable bonds is 5. The van der Waals surface area contributed by atoms with Gasteiger partial charge >= 0.3 is 0 Å². The summed E-state index contributed by atoms with van der Waals surface area (Å²) in [6.45, 7) is 2.00. The Bertz CT molecular complexity index is 651. The SMILES string of the molecule is CC(Nc1cnns1)c1ccc(S(=O)(=O)N(C)C)cc1. The smallest absolute Gasteiger partial charge is 0.242 e. The topological polar surface area (TPSA) is 75.2 Å². The number of aromatic nitrogens is 2. The molecule has 0 saturated carbocycles. The van der Waals surface area contributed by atoms with Crippen molar-refractivity contribution >= 4 is 26.6 Å². The zero-order valence-electron chi connectivity index (χ0n) is 11.4. The zero-order chi connectivity index (χ0) is 14.8. The van der Waals surface area contributed by atoms with Gasteiger partial charge in [-0.3, -0.25) is 0 Å². The second-order valence-corrected chi connectivity index (χ2v) is 7.44. The highest BCUT2D eigenvalue weighted by atomic mass is 32.2. The summed E-state index contributed by atoms with van der Waals surface area (Å²) < 4.78 is 28.9. The van der Waals surface area contributed by atoms with Gasteiger partial charge in [0.15, 0.2) is 0 Å². The van der Waals surface area contributed by atoms with E-state index in [2.05, 4.69) is 14.9 Å². The summed E-state index contributed by atoms with van der Waals surface area (Å²) in [5, 5.41) is 7.89. The molecule has 1 aromatic heterocycles. The zero-order valence-corrected chi connectivity index (χ0v) is 13.1. The maximum atomic E-state index is 12.0. The number of sulfonamides is 1. The van der Waals surface area contributed by atoms with E-state index in [0.717, 1.165) is 10.6 Å². The summed E-state index contributed by atoms with van der Waals surface area (Å²) in [6.07, 6.45) is 1.66. The average Bonchev–Trinajstić information content (AvgIpc) is 2.91. The second-order valence-electron chi connectivity index (χ2n) is 4.50. The number of nitrogens with zero attached hydrogens (tertiary/aromatic N) is 3. The third-order valence-corrected chi connectivity index (χ3v) is 5.30. The van der Waals surface area contributed by atoms with E-state index in [4.69, 9.17) is 0 Å².